The second kappa shape index (κ2) is 6.51. The largest absolute Gasteiger partial charge is 0.342 e. The first kappa shape index (κ1) is 16.9. The highest BCUT2D eigenvalue weighted by Gasteiger charge is 2.46. The van der Waals surface area contributed by atoms with Crippen LogP contribution in [0.15, 0.2) is 18.2 Å². The van der Waals surface area contributed by atoms with E-state index in [1.807, 2.05) is 19.9 Å². The van der Waals surface area contributed by atoms with Gasteiger partial charge in [0.15, 0.2) is 0 Å². The maximum absolute atomic E-state index is 13.6. The molecule has 0 aliphatic carbocycles. The van der Waals surface area contributed by atoms with Crippen molar-refractivity contribution in [3.8, 4) is 0 Å². The molecule has 1 aromatic rings. The number of hydrogen-bond acceptors (Lipinski definition) is 3. The van der Waals surface area contributed by atoms with Crippen molar-refractivity contribution in [3.05, 3.63) is 35.1 Å². The van der Waals surface area contributed by atoms with Gasteiger partial charge in [0.2, 0.25) is 11.8 Å². The van der Waals surface area contributed by atoms with Crippen molar-refractivity contribution < 1.29 is 14.0 Å². The third-order valence-corrected chi connectivity index (χ3v) is 4.95. The summed E-state index contributed by atoms with van der Waals surface area (Å²) < 4.78 is 13.6. The molecular weight excluding hydrogens is 309 g/mol. The van der Waals surface area contributed by atoms with Crippen LogP contribution in [0.4, 0.5) is 4.39 Å². The molecular formula is C18H24FN3O2. The van der Waals surface area contributed by atoms with Gasteiger partial charge >= 0.3 is 0 Å². The summed E-state index contributed by atoms with van der Waals surface area (Å²) in [5, 5.41) is 6.18. The van der Waals surface area contributed by atoms with Gasteiger partial charge in [-0.3, -0.25) is 9.59 Å². The number of nitrogens with zero attached hydrogens (tertiary/aromatic N) is 1. The molecule has 2 saturated heterocycles. The zero-order valence-electron chi connectivity index (χ0n) is 14.3. The summed E-state index contributed by atoms with van der Waals surface area (Å²) in [6.07, 6.45) is 0.594. The normalized spacial score (nSPS) is 26.7. The van der Waals surface area contributed by atoms with Gasteiger partial charge in [-0.1, -0.05) is 26.0 Å². The van der Waals surface area contributed by atoms with E-state index in [0.29, 0.717) is 25.1 Å². The SMILES string of the molecule is Cc1ccc(CN[C@H]2C[C@H]3C(=O)N[C@H](C(C)C)C(=O)N3C2)cc1F. The van der Waals surface area contributed by atoms with Crippen molar-refractivity contribution >= 4 is 11.8 Å². The monoisotopic (exact) mass is 333 g/mol. The predicted molar refractivity (Wildman–Crippen MR) is 88.7 cm³/mol. The lowest BCUT2D eigenvalue weighted by molar-refractivity contribution is -0.148. The molecule has 2 amide bonds. The molecule has 0 bridgehead atoms. The molecule has 130 valence electrons. The lowest BCUT2D eigenvalue weighted by Gasteiger charge is -2.36. The zero-order chi connectivity index (χ0) is 17.4. The molecule has 0 spiro atoms. The smallest absolute Gasteiger partial charge is 0.246 e. The third kappa shape index (κ3) is 3.15. The number of amides is 2. The highest BCUT2D eigenvalue weighted by molar-refractivity contribution is 5.97. The summed E-state index contributed by atoms with van der Waals surface area (Å²) in [6.45, 7) is 6.64. The number of benzene rings is 1. The number of halogens is 1. The summed E-state index contributed by atoms with van der Waals surface area (Å²) in [5.74, 6) is -0.211. The summed E-state index contributed by atoms with van der Waals surface area (Å²) in [7, 11) is 0. The van der Waals surface area contributed by atoms with E-state index in [1.165, 1.54) is 6.07 Å². The average molecular weight is 333 g/mol. The van der Waals surface area contributed by atoms with Crippen LogP contribution in [0.2, 0.25) is 0 Å². The quantitative estimate of drug-likeness (QED) is 0.874. The van der Waals surface area contributed by atoms with E-state index in [4.69, 9.17) is 0 Å². The molecule has 0 radical (unpaired) electrons. The molecule has 0 aromatic heterocycles. The van der Waals surface area contributed by atoms with Gasteiger partial charge in [-0.15, -0.1) is 0 Å². The van der Waals surface area contributed by atoms with E-state index >= 15 is 0 Å². The van der Waals surface area contributed by atoms with Crippen LogP contribution in [0.1, 0.15) is 31.4 Å². The van der Waals surface area contributed by atoms with Crippen molar-refractivity contribution in [3.63, 3.8) is 0 Å². The minimum absolute atomic E-state index is 0.000260. The second-order valence-electron chi connectivity index (χ2n) is 7.13. The van der Waals surface area contributed by atoms with Crippen LogP contribution >= 0.6 is 0 Å². The van der Waals surface area contributed by atoms with Crippen molar-refractivity contribution in [2.45, 2.75) is 51.9 Å². The fraction of sp³-hybridized carbons (Fsp3) is 0.556. The minimum Gasteiger partial charge on any atom is -0.342 e. The van der Waals surface area contributed by atoms with Gasteiger partial charge < -0.3 is 15.5 Å². The van der Waals surface area contributed by atoms with Gasteiger partial charge in [0.1, 0.15) is 17.9 Å². The van der Waals surface area contributed by atoms with Crippen LogP contribution in [0.5, 0.6) is 0 Å². The van der Waals surface area contributed by atoms with E-state index in [-0.39, 0.29) is 35.6 Å². The number of nitrogens with one attached hydrogen (secondary N) is 2. The molecule has 2 fully saturated rings. The number of fused-ring (bicyclic) bond motifs is 1. The Morgan fingerprint density at radius 1 is 1.38 bits per heavy atom. The van der Waals surface area contributed by atoms with Crippen LogP contribution in [0, 0.1) is 18.7 Å². The number of carbonyl (C=O) groups is 2. The number of aryl methyl sites for hydroxylation is 1. The summed E-state index contributed by atoms with van der Waals surface area (Å²) in [5.41, 5.74) is 1.48. The molecule has 3 rings (SSSR count). The molecule has 0 saturated carbocycles. The van der Waals surface area contributed by atoms with Gasteiger partial charge in [-0.25, -0.2) is 4.39 Å². The molecule has 2 aliphatic heterocycles. The third-order valence-electron chi connectivity index (χ3n) is 4.95. The highest BCUT2D eigenvalue weighted by Crippen LogP contribution is 2.25. The standard InChI is InChI=1S/C18H24FN3O2/c1-10(2)16-18(24)22-9-13(7-15(22)17(23)21-16)20-8-12-5-4-11(3)14(19)6-12/h4-6,10,13,15-16,20H,7-9H2,1-3H3,(H,21,23)/t13-,15-,16+/m0/s1. The number of carbonyl (C=O) groups excluding carboxylic acids is 2. The Balaban J connectivity index is 1.63. The van der Waals surface area contributed by atoms with Crippen molar-refractivity contribution in [1.29, 1.82) is 0 Å². The number of hydrogen-bond donors (Lipinski definition) is 2. The van der Waals surface area contributed by atoms with E-state index in [2.05, 4.69) is 10.6 Å². The minimum atomic E-state index is -0.432. The van der Waals surface area contributed by atoms with Gasteiger partial charge in [0.05, 0.1) is 0 Å². The van der Waals surface area contributed by atoms with Crippen LogP contribution in [-0.4, -0.2) is 41.4 Å². The molecule has 2 aliphatic rings. The molecule has 24 heavy (non-hydrogen) atoms. The molecule has 5 nitrogen and oxygen atoms in total. The van der Waals surface area contributed by atoms with Crippen LogP contribution in [0.25, 0.3) is 0 Å². The first-order chi connectivity index (χ1) is 11.4. The van der Waals surface area contributed by atoms with E-state index in [9.17, 15) is 14.0 Å². The van der Waals surface area contributed by atoms with Crippen LogP contribution < -0.4 is 10.6 Å². The Bertz CT molecular complexity index is 662. The van der Waals surface area contributed by atoms with Crippen LogP contribution in [-0.2, 0) is 16.1 Å². The first-order valence-corrected chi connectivity index (χ1v) is 8.46. The topological polar surface area (TPSA) is 61.4 Å². The van der Waals surface area contributed by atoms with Gasteiger partial charge in [-0.2, -0.15) is 0 Å². The molecule has 0 unspecified atom stereocenters. The Hall–Kier alpha value is -1.95. The van der Waals surface area contributed by atoms with Crippen LogP contribution in [0.3, 0.4) is 0 Å². The second-order valence-corrected chi connectivity index (χ2v) is 7.13. The Morgan fingerprint density at radius 2 is 2.12 bits per heavy atom. The van der Waals surface area contributed by atoms with Crippen molar-refractivity contribution in [1.82, 2.24) is 15.5 Å². The lowest BCUT2D eigenvalue weighted by atomic mass is 9.98. The Kier molecular flexibility index (Phi) is 4.58. The zero-order valence-corrected chi connectivity index (χ0v) is 14.3. The summed E-state index contributed by atoms with van der Waals surface area (Å²) >= 11 is 0. The Labute approximate surface area is 141 Å². The number of piperazine rings is 1. The highest BCUT2D eigenvalue weighted by atomic mass is 19.1. The maximum atomic E-state index is 13.6. The van der Waals surface area contributed by atoms with E-state index in [0.717, 1.165) is 5.56 Å². The summed E-state index contributed by atoms with van der Waals surface area (Å²) in [6, 6.07) is 4.39. The molecule has 2 heterocycles. The number of rotatable bonds is 4. The van der Waals surface area contributed by atoms with Crippen molar-refractivity contribution in [2.24, 2.45) is 5.92 Å². The van der Waals surface area contributed by atoms with Crippen molar-refractivity contribution in [2.75, 3.05) is 6.54 Å². The molecule has 1 aromatic carbocycles. The average Bonchev–Trinajstić information content (AvgIpc) is 2.97. The van der Waals surface area contributed by atoms with Gasteiger partial charge in [-0.05, 0) is 36.5 Å². The predicted octanol–water partition coefficient (Wildman–Crippen LogP) is 1.35. The Morgan fingerprint density at radius 3 is 2.79 bits per heavy atom. The maximum Gasteiger partial charge on any atom is 0.246 e. The molecule has 2 N–H and O–H groups in total. The fourth-order valence-corrected chi connectivity index (χ4v) is 3.43. The molecule has 6 heteroatoms. The van der Waals surface area contributed by atoms with E-state index < -0.39 is 6.04 Å². The first-order valence-electron chi connectivity index (χ1n) is 8.46. The van der Waals surface area contributed by atoms with E-state index in [1.54, 1.807) is 17.9 Å². The molecule has 3 atom stereocenters. The van der Waals surface area contributed by atoms with Gasteiger partial charge in [0.25, 0.3) is 0 Å². The fourth-order valence-electron chi connectivity index (χ4n) is 3.43. The lowest BCUT2D eigenvalue weighted by Crippen LogP contribution is -2.62. The summed E-state index contributed by atoms with van der Waals surface area (Å²) in [4.78, 5) is 26.5. The van der Waals surface area contributed by atoms with Gasteiger partial charge in [0, 0.05) is 19.1 Å².